The van der Waals surface area contributed by atoms with Crippen molar-refractivity contribution in [3.05, 3.63) is 24.7 Å². The number of nitrogens with two attached hydrogens (primary N) is 1. The number of methoxy groups -OCH3 is 1. The van der Waals surface area contributed by atoms with Crippen LogP contribution in [0.3, 0.4) is 0 Å². The first-order valence-electron chi connectivity index (χ1n) is 8.71. The summed E-state index contributed by atoms with van der Waals surface area (Å²) in [6.45, 7) is 11.1. The summed E-state index contributed by atoms with van der Waals surface area (Å²) in [5.74, 6) is 0.473. The Kier molecular flexibility index (Phi) is 12.7. The maximum atomic E-state index is 9.06. The van der Waals surface area contributed by atoms with Crippen molar-refractivity contribution in [2.75, 3.05) is 33.0 Å². The number of anilines is 1. The molecule has 146 valence electrons. The highest BCUT2D eigenvalue weighted by Crippen LogP contribution is 2.16. The van der Waals surface area contributed by atoms with Gasteiger partial charge >= 0.3 is 0 Å². The summed E-state index contributed by atoms with van der Waals surface area (Å²) in [7, 11) is 3.93. The number of nitrogens with zero attached hydrogens (tertiary/aromatic N) is 4. The molecule has 1 saturated heterocycles. The molecule has 1 aliphatic rings. The molecule has 8 heteroatoms. The number of fused-ring (bicyclic) bond motifs is 1. The molecule has 0 saturated carbocycles. The van der Waals surface area contributed by atoms with Crippen LogP contribution in [0.5, 0.6) is 0 Å². The van der Waals surface area contributed by atoms with E-state index in [0.717, 1.165) is 17.7 Å². The van der Waals surface area contributed by atoms with Gasteiger partial charge in [-0.25, -0.2) is 9.97 Å². The number of likely N-dealkylation sites (tertiary alicyclic amines) is 1. The molecule has 0 amide bonds. The van der Waals surface area contributed by atoms with Crippen LogP contribution in [-0.2, 0) is 9.53 Å². The van der Waals surface area contributed by atoms with Gasteiger partial charge in [0.25, 0.3) is 0 Å². The van der Waals surface area contributed by atoms with Gasteiger partial charge in [-0.2, -0.15) is 5.10 Å². The number of allylic oxidation sites excluding steroid dienone is 1. The number of aldehydes is 1. The van der Waals surface area contributed by atoms with Gasteiger partial charge in [-0.15, -0.1) is 0 Å². The molecule has 1 aliphatic heterocycles. The quantitative estimate of drug-likeness (QED) is 0.635. The van der Waals surface area contributed by atoms with Crippen molar-refractivity contribution in [1.82, 2.24) is 25.1 Å². The van der Waals surface area contributed by atoms with E-state index < -0.39 is 0 Å². The third-order valence-corrected chi connectivity index (χ3v) is 3.69. The molecule has 1 fully saturated rings. The molecular weight excluding hydrogens is 332 g/mol. The Labute approximate surface area is 155 Å². The average molecular weight is 364 g/mol. The summed E-state index contributed by atoms with van der Waals surface area (Å²) in [5.41, 5.74) is 7.11. The van der Waals surface area contributed by atoms with Crippen molar-refractivity contribution in [3.8, 4) is 0 Å². The van der Waals surface area contributed by atoms with E-state index in [4.69, 9.17) is 15.3 Å². The summed E-state index contributed by atoms with van der Waals surface area (Å²) < 4.78 is 5.05. The van der Waals surface area contributed by atoms with E-state index in [2.05, 4.69) is 38.7 Å². The Bertz CT molecular complexity index is 638. The van der Waals surface area contributed by atoms with Crippen LogP contribution in [0.25, 0.3) is 11.0 Å². The highest BCUT2D eigenvalue weighted by Gasteiger charge is 2.19. The van der Waals surface area contributed by atoms with Crippen LogP contribution < -0.4 is 5.73 Å². The Morgan fingerprint density at radius 3 is 2.58 bits per heavy atom. The molecule has 0 bridgehead atoms. The standard InChI is InChI=1S/C7H15NO.C6H7N5.C3H4O.C2H6/c1-8-5-3-4-7(8)6-9-2;1-3-4-5(7)8-2-9-6(4)11-10-3;1-2-3-4;1-2/h7H,3-6H2,1-2H3;2H,1H3,(H3,7,8,9,10,11);2-3H,1H2;1-2H3. The maximum absolute atomic E-state index is 9.06. The lowest BCUT2D eigenvalue weighted by Gasteiger charge is -2.17. The van der Waals surface area contributed by atoms with Crippen LogP contribution in [0.4, 0.5) is 5.82 Å². The second-order valence-corrected chi connectivity index (χ2v) is 5.41. The number of hydrogen-bond acceptors (Lipinski definition) is 7. The number of hydrogen-bond donors (Lipinski definition) is 2. The predicted octanol–water partition coefficient (Wildman–Crippen LogP) is 2.37. The minimum absolute atomic E-state index is 0.473. The molecular formula is C18H32N6O2. The zero-order chi connectivity index (χ0) is 19.9. The summed E-state index contributed by atoms with van der Waals surface area (Å²) in [6, 6.07) is 0.690. The number of aromatic amines is 1. The van der Waals surface area contributed by atoms with Crippen LogP contribution >= 0.6 is 0 Å². The van der Waals surface area contributed by atoms with Crippen LogP contribution in [-0.4, -0.2) is 64.7 Å². The van der Waals surface area contributed by atoms with Crippen molar-refractivity contribution in [2.45, 2.75) is 39.7 Å². The Balaban J connectivity index is 0.000000377. The number of likely N-dealkylation sites (N-methyl/N-ethyl adjacent to an activating group) is 1. The highest BCUT2D eigenvalue weighted by atomic mass is 16.5. The molecule has 1 unspecified atom stereocenters. The molecule has 0 aromatic carbocycles. The van der Waals surface area contributed by atoms with Crippen LogP contribution in [0, 0.1) is 6.92 Å². The number of rotatable bonds is 3. The van der Waals surface area contributed by atoms with E-state index in [1.165, 1.54) is 31.8 Å². The zero-order valence-electron chi connectivity index (χ0n) is 16.5. The monoisotopic (exact) mass is 364 g/mol. The van der Waals surface area contributed by atoms with Gasteiger partial charge in [0, 0.05) is 18.8 Å². The van der Waals surface area contributed by atoms with Gasteiger partial charge in [-0.3, -0.25) is 9.89 Å². The molecule has 26 heavy (non-hydrogen) atoms. The molecule has 2 aromatic rings. The first kappa shape index (κ1) is 23.7. The number of ether oxygens (including phenoxy) is 1. The number of aromatic nitrogens is 4. The van der Waals surface area contributed by atoms with Gasteiger partial charge in [0.15, 0.2) is 5.65 Å². The van der Waals surface area contributed by atoms with Gasteiger partial charge in [0.05, 0.1) is 12.0 Å². The van der Waals surface area contributed by atoms with Crippen LogP contribution in [0.15, 0.2) is 19.0 Å². The van der Waals surface area contributed by atoms with Crippen LogP contribution in [0.2, 0.25) is 0 Å². The molecule has 2 aromatic heterocycles. The second kappa shape index (κ2) is 13.9. The van der Waals surface area contributed by atoms with Crippen molar-refractivity contribution in [2.24, 2.45) is 0 Å². The molecule has 8 nitrogen and oxygen atoms in total. The molecule has 1 atom stereocenters. The van der Waals surface area contributed by atoms with Gasteiger partial charge < -0.3 is 15.4 Å². The Morgan fingerprint density at radius 1 is 1.46 bits per heavy atom. The number of aryl methyl sites for hydroxylation is 1. The summed E-state index contributed by atoms with van der Waals surface area (Å²) in [6.07, 6.45) is 5.88. The van der Waals surface area contributed by atoms with Gasteiger partial charge in [0.1, 0.15) is 18.4 Å². The first-order valence-corrected chi connectivity index (χ1v) is 8.71. The van der Waals surface area contributed by atoms with E-state index in [0.29, 0.717) is 23.8 Å². The van der Waals surface area contributed by atoms with Crippen molar-refractivity contribution >= 4 is 23.1 Å². The van der Waals surface area contributed by atoms with Crippen molar-refractivity contribution < 1.29 is 9.53 Å². The SMILES string of the molecule is C=CC=O.CC.COCC1CCCN1C.Cc1[nH]nc2ncnc(N)c12. The van der Waals surface area contributed by atoms with Crippen molar-refractivity contribution in [3.63, 3.8) is 0 Å². The molecule has 0 spiro atoms. The lowest BCUT2D eigenvalue weighted by Crippen LogP contribution is -2.28. The largest absolute Gasteiger partial charge is 0.383 e. The minimum atomic E-state index is 0.473. The summed E-state index contributed by atoms with van der Waals surface area (Å²) in [5, 5.41) is 7.52. The smallest absolute Gasteiger partial charge is 0.186 e. The van der Waals surface area contributed by atoms with E-state index >= 15 is 0 Å². The highest BCUT2D eigenvalue weighted by molar-refractivity contribution is 5.87. The van der Waals surface area contributed by atoms with Crippen LogP contribution in [0.1, 0.15) is 32.4 Å². The number of carbonyl (C=O) groups excluding carboxylic acids is 1. The predicted molar refractivity (Wildman–Crippen MR) is 106 cm³/mol. The zero-order valence-corrected chi connectivity index (χ0v) is 16.5. The van der Waals surface area contributed by atoms with Gasteiger partial charge in [-0.1, -0.05) is 20.4 Å². The molecule has 3 heterocycles. The number of nitrogen functional groups attached to an aromatic ring is 1. The number of nitrogens with one attached hydrogen (secondary N) is 1. The first-order chi connectivity index (χ1) is 12.5. The molecule has 3 rings (SSSR count). The number of H-pyrrole nitrogens is 1. The lowest BCUT2D eigenvalue weighted by atomic mass is 10.2. The van der Waals surface area contributed by atoms with E-state index in [1.807, 2.05) is 20.8 Å². The van der Waals surface area contributed by atoms with Gasteiger partial charge in [-0.05, 0) is 39.4 Å². The fraction of sp³-hybridized carbons (Fsp3) is 0.556. The fourth-order valence-electron chi connectivity index (χ4n) is 2.41. The fourth-order valence-corrected chi connectivity index (χ4v) is 2.41. The normalized spacial score (nSPS) is 15.7. The Morgan fingerprint density at radius 2 is 2.12 bits per heavy atom. The van der Waals surface area contributed by atoms with E-state index in [9.17, 15) is 0 Å². The molecule has 0 radical (unpaired) electrons. The Hall–Kier alpha value is -2.32. The van der Waals surface area contributed by atoms with Gasteiger partial charge in [0.2, 0.25) is 0 Å². The van der Waals surface area contributed by atoms with Crippen molar-refractivity contribution in [1.29, 1.82) is 0 Å². The number of carbonyl (C=O) groups is 1. The minimum Gasteiger partial charge on any atom is -0.383 e. The summed E-state index contributed by atoms with van der Waals surface area (Å²) in [4.78, 5) is 19.2. The maximum Gasteiger partial charge on any atom is 0.186 e. The second-order valence-electron chi connectivity index (χ2n) is 5.41. The molecule has 3 N–H and O–H groups in total. The molecule has 0 aliphatic carbocycles. The third-order valence-electron chi connectivity index (χ3n) is 3.69. The van der Waals surface area contributed by atoms with E-state index in [1.54, 1.807) is 7.11 Å². The topological polar surface area (TPSA) is 110 Å². The van der Waals surface area contributed by atoms with E-state index in [-0.39, 0.29) is 0 Å². The average Bonchev–Trinajstić information content (AvgIpc) is 3.25. The third kappa shape index (κ3) is 7.71. The summed E-state index contributed by atoms with van der Waals surface area (Å²) >= 11 is 0. The lowest BCUT2D eigenvalue weighted by molar-refractivity contribution is -0.104.